The summed E-state index contributed by atoms with van der Waals surface area (Å²) >= 11 is 0. The first-order chi connectivity index (χ1) is 14.8. The van der Waals surface area contributed by atoms with Crippen LogP contribution in [0.1, 0.15) is 31.0 Å². The quantitative estimate of drug-likeness (QED) is 0.507. The molecule has 0 aliphatic heterocycles. The van der Waals surface area contributed by atoms with Crippen molar-refractivity contribution in [2.45, 2.75) is 26.4 Å². The summed E-state index contributed by atoms with van der Waals surface area (Å²) in [7, 11) is 0. The van der Waals surface area contributed by atoms with Gasteiger partial charge in [-0.05, 0) is 43.7 Å². The summed E-state index contributed by atoms with van der Waals surface area (Å²) in [5, 5.41) is 9.12. The molecule has 0 aliphatic carbocycles. The molecule has 0 spiro atoms. The Hall–Kier alpha value is -4.06. The van der Waals surface area contributed by atoms with Crippen LogP contribution in [0, 0.1) is 23.0 Å². The Morgan fingerprint density at radius 3 is 2.55 bits per heavy atom. The first kappa shape index (κ1) is 20.2. The molecule has 4 aromatic rings. The minimum Gasteiger partial charge on any atom is -0.320 e. The molecule has 7 nitrogen and oxygen atoms in total. The van der Waals surface area contributed by atoms with Crippen molar-refractivity contribution in [2.24, 2.45) is 0 Å². The molecule has 0 amide bonds. The van der Waals surface area contributed by atoms with E-state index in [1.165, 1.54) is 12.4 Å². The number of hydrogen-bond acceptors (Lipinski definition) is 4. The SMILES string of the molecule is CC(C)n1c(=O)c2c(ncn2Cc2cccc(C#N)c2)n(-c2ccc(F)c(F)c2)c1=O. The second kappa shape index (κ2) is 7.65. The maximum Gasteiger partial charge on any atom is 0.337 e. The van der Waals surface area contributed by atoms with Crippen LogP contribution in [-0.2, 0) is 6.54 Å². The van der Waals surface area contributed by atoms with E-state index < -0.39 is 28.9 Å². The summed E-state index contributed by atoms with van der Waals surface area (Å²) < 4.78 is 31.1. The number of nitrogens with zero attached hydrogens (tertiary/aromatic N) is 5. The third-order valence-corrected chi connectivity index (χ3v) is 4.94. The molecule has 4 rings (SSSR count). The van der Waals surface area contributed by atoms with E-state index in [-0.39, 0.29) is 23.4 Å². The summed E-state index contributed by atoms with van der Waals surface area (Å²) in [4.78, 5) is 30.5. The first-order valence-corrected chi connectivity index (χ1v) is 9.48. The third-order valence-electron chi connectivity index (χ3n) is 4.94. The predicted molar refractivity (Wildman–Crippen MR) is 110 cm³/mol. The molecule has 0 fully saturated rings. The van der Waals surface area contributed by atoms with Crippen LogP contribution in [0.5, 0.6) is 0 Å². The van der Waals surface area contributed by atoms with Crippen molar-refractivity contribution in [3.05, 3.63) is 92.4 Å². The zero-order valence-corrected chi connectivity index (χ0v) is 16.7. The van der Waals surface area contributed by atoms with Gasteiger partial charge in [-0.1, -0.05) is 12.1 Å². The van der Waals surface area contributed by atoms with Crippen molar-refractivity contribution in [3.63, 3.8) is 0 Å². The van der Waals surface area contributed by atoms with Crippen LogP contribution in [0.4, 0.5) is 8.78 Å². The molecule has 0 unspecified atom stereocenters. The number of rotatable bonds is 4. The van der Waals surface area contributed by atoms with Crippen molar-refractivity contribution in [3.8, 4) is 11.8 Å². The van der Waals surface area contributed by atoms with Gasteiger partial charge < -0.3 is 4.57 Å². The minimum atomic E-state index is -1.12. The molecule has 0 aliphatic rings. The highest BCUT2D eigenvalue weighted by atomic mass is 19.2. The van der Waals surface area contributed by atoms with Gasteiger partial charge in [0.05, 0.1) is 23.6 Å². The second-order valence-corrected chi connectivity index (χ2v) is 7.34. The van der Waals surface area contributed by atoms with Crippen LogP contribution in [0.25, 0.3) is 16.9 Å². The zero-order chi connectivity index (χ0) is 22.3. The fourth-order valence-electron chi connectivity index (χ4n) is 3.52. The van der Waals surface area contributed by atoms with Crippen LogP contribution in [0.15, 0.2) is 58.4 Å². The average Bonchev–Trinajstić information content (AvgIpc) is 3.14. The van der Waals surface area contributed by atoms with Gasteiger partial charge in [-0.2, -0.15) is 5.26 Å². The Bertz CT molecular complexity index is 1470. The van der Waals surface area contributed by atoms with E-state index in [1.807, 2.05) is 0 Å². The number of halogens is 2. The molecule has 0 bridgehead atoms. The lowest BCUT2D eigenvalue weighted by Crippen LogP contribution is -2.41. The largest absolute Gasteiger partial charge is 0.337 e. The molecule has 0 radical (unpaired) electrons. The number of imidazole rings is 1. The molecular weight excluding hydrogens is 404 g/mol. The molecule has 156 valence electrons. The Morgan fingerprint density at radius 1 is 1.10 bits per heavy atom. The van der Waals surface area contributed by atoms with Crippen molar-refractivity contribution in [1.29, 1.82) is 5.26 Å². The maximum atomic E-state index is 13.9. The lowest BCUT2D eigenvalue weighted by atomic mass is 10.1. The van der Waals surface area contributed by atoms with Crippen LogP contribution in [0.3, 0.4) is 0 Å². The molecule has 0 atom stereocenters. The monoisotopic (exact) mass is 421 g/mol. The zero-order valence-electron chi connectivity index (χ0n) is 16.7. The van der Waals surface area contributed by atoms with E-state index in [2.05, 4.69) is 11.1 Å². The number of benzene rings is 2. The Balaban J connectivity index is 2.01. The minimum absolute atomic E-state index is 0.0364. The maximum absolute atomic E-state index is 13.9. The summed E-state index contributed by atoms with van der Waals surface area (Å²) in [5.41, 5.74) is 0.229. The van der Waals surface area contributed by atoms with Gasteiger partial charge in [-0.3, -0.25) is 9.36 Å². The average molecular weight is 421 g/mol. The summed E-state index contributed by atoms with van der Waals surface area (Å²) in [5.74, 6) is -2.17. The van der Waals surface area contributed by atoms with Gasteiger partial charge in [-0.25, -0.2) is 23.1 Å². The predicted octanol–water partition coefficient (Wildman–Crippen LogP) is 3.13. The van der Waals surface area contributed by atoms with Gasteiger partial charge >= 0.3 is 5.69 Å². The number of nitriles is 1. The summed E-state index contributed by atoms with van der Waals surface area (Å²) in [6.07, 6.45) is 1.41. The van der Waals surface area contributed by atoms with Gasteiger partial charge in [0.15, 0.2) is 22.8 Å². The fraction of sp³-hybridized carbons (Fsp3) is 0.182. The lowest BCUT2D eigenvalue weighted by Gasteiger charge is -2.15. The fourth-order valence-corrected chi connectivity index (χ4v) is 3.52. The van der Waals surface area contributed by atoms with E-state index in [9.17, 15) is 18.4 Å². The van der Waals surface area contributed by atoms with E-state index in [0.29, 0.717) is 5.56 Å². The topological polar surface area (TPSA) is 85.6 Å². The molecule has 9 heteroatoms. The Labute approximate surface area is 175 Å². The van der Waals surface area contributed by atoms with Crippen molar-refractivity contribution >= 4 is 11.2 Å². The highest BCUT2D eigenvalue weighted by Crippen LogP contribution is 2.18. The van der Waals surface area contributed by atoms with Gasteiger partial charge in [0.25, 0.3) is 5.56 Å². The summed E-state index contributed by atoms with van der Waals surface area (Å²) in [6, 6.07) is 11.5. The number of aromatic nitrogens is 4. The Kier molecular flexibility index (Phi) is 4.99. The molecule has 31 heavy (non-hydrogen) atoms. The van der Waals surface area contributed by atoms with E-state index in [4.69, 9.17) is 5.26 Å². The van der Waals surface area contributed by atoms with Gasteiger partial charge in [0.1, 0.15) is 0 Å². The molecule has 0 saturated heterocycles. The second-order valence-electron chi connectivity index (χ2n) is 7.34. The van der Waals surface area contributed by atoms with Crippen molar-refractivity contribution in [2.75, 3.05) is 0 Å². The van der Waals surface area contributed by atoms with Gasteiger partial charge in [0, 0.05) is 18.7 Å². The van der Waals surface area contributed by atoms with Crippen LogP contribution in [-0.4, -0.2) is 18.7 Å². The van der Waals surface area contributed by atoms with Crippen LogP contribution < -0.4 is 11.2 Å². The normalized spacial score (nSPS) is 11.2. The van der Waals surface area contributed by atoms with Crippen LogP contribution >= 0.6 is 0 Å². The van der Waals surface area contributed by atoms with Gasteiger partial charge in [-0.15, -0.1) is 0 Å². The molecule has 0 saturated carbocycles. The number of fused-ring (bicyclic) bond motifs is 1. The molecule has 2 aromatic heterocycles. The van der Waals surface area contributed by atoms with Crippen LogP contribution in [0.2, 0.25) is 0 Å². The lowest BCUT2D eigenvalue weighted by molar-refractivity contribution is 0.506. The smallest absolute Gasteiger partial charge is 0.320 e. The van der Waals surface area contributed by atoms with E-state index in [1.54, 1.807) is 42.7 Å². The van der Waals surface area contributed by atoms with Gasteiger partial charge in [0.2, 0.25) is 0 Å². The number of hydrogen-bond donors (Lipinski definition) is 0. The van der Waals surface area contributed by atoms with Crippen molar-refractivity contribution < 1.29 is 8.78 Å². The summed E-state index contributed by atoms with van der Waals surface area (Å²) in [6.45, 7) is 3.60. The van der Waals surface area contributed by atoms with E-state index >= 15 is 0 Å². The third kappa shape index (κ3) is 3.42. The standard InChI is InChI=1S/C22H17F2N5O2/c1-13(2)28-21(30)19-20(29(22(28)31)16-6-7-17(23)18(24)9-16)26-12-27(19)11-15-5-3-4-14(8-15)10-25/h3-9,12-13H,11H2,1-2H3. The van der Waals surface area contributed by atoms with Crippen molar-refractivity contribution in [1.82, 2.24) is 18.7 Å². The highest BCUT2D eigenvalue weighted by molar-refractivity contribution is 5.72. The Morgan fingerprint density at radius 2 is 1.87 bits per heavy atom. The van der Waals surface area contributed by atoms with E-state index in [0.717, 1.165) is 26.8 Å². The molecule has 2 aromatic carbocycles. The highest BCUT2D eigenvalue weighted by Gasteiger charge is 2.21. The molecular formula is C22H17F2N5O2. The first-order valence-electron chi connectivity index (χ1n) is 9.48. The molecule has 2 heterocycles. The molecule has 0 N–H and O–H groups in total.